The quantitative estimate of drug-likeness (QED) is 0.314. The van der Waals surface area contributed by atoms with Crippen LogP contribution in [-0.2, 0) is 21.4 Å². The first kappa shape index (κ1) is 32.0. The Labute approximate surface area is 211 Å². The molecule has 0 spiro atoms. The summed E-state index contributed by atoms with van der Waals surface area (Å²) in [6.45, 7) is 1.78. The van der Waals surface area contributed by atoms with Crippen LogP contribution < -0.4 is 5.32 Å². The highest BCUT2D eigenvalue weighted by Crippen LogP contribution is 2.27. The fraction of sp³-hybridized carbons (Fsp3) is 0.348. The lowest BCUT2D eigenvalue weighted by molar-refractivity contribution is -0.192. The third kappa shape index (κ3) is 9.74. The lowest BCUT2D eigenvalue weighted by Gasteiger charge is -2.16. The van der Waals surface area contributed by atoms with Crippen molar-refractivity contribution >= 4 is 26.9 Å². The number of hydrogen-bond acceptors (Lipinski definition) is 7. The average molecular weight is 552 g/mol. The minimum Gasteiger partial charge on any atom is -0.475 e. The number of aromatic nitrogens is 1. The molecule has 0 aliphatic rings. The van der Waals surface area contributed by atoms with Crippen LogP contribution in [0.15, 0.2) is 59.6 Å². The van der Waals surface area contributed by atoms with E-state index in [-0.39, 0.29) is 18.1 Å². The summed E-state index contributed by atoms with van der Waals surface area (Å²) in [6.07, 6.45) is -3.64. The maximum absolute atomic E-state index is 14.1. The maximum Gasteiger partial charge on any atom is 0.490 e. The van der Waals surface area contributed by atoms with E-state index in [4.69, 9.17) is 20.1 Å². The van der Waals surface area contributed by atoms with E-state index >= 15 is 0 Å². The summed E-state index contributed by atoms with van der Waals surface area (Å²) in [7, 11) is -0.186. The van der Waals surface area contributed by atoms with Crippen molar-refractivity contribution in [2.45, 2.75) is 17.6 Å². The Balaban J connectivity index is 0.000000476. The van der Waals surface area contributed by atoms with Crippen molar-refractivity contribution in [1.29, 1.82) is 0 Å². The summed E-state index contributed by atoms with van der Waals surface area (Å²) >= 11 is 0. The van der Waals surface area contributed by atoms with E-state index in [1.807, 2.05) is 11.9 Å². The minimum absolute atomic E-state index is 0.00163. The fourth-order valence-electron chi connectivity index (χ4n) is 2.95. The molecule has 0 unspecified atom stereocenters. The Morgan fingerprint density at radius 3 is 2.14 bits per heavy atom. The summed E-state index contributed by atoms with van der Waals surface area (Å²) in [6, 6.07) is 12.4. The lowest BCUT2D eigenvalue weighted by atomic mass is 10.1. The number of alkyl halides is 3. The molecule has 0 aliphatic carbocycles. The zero-order chi connectivity index (χ0) is 28.2. The van der Waals surface area contributed by atoms with Crippen molar-refractivity contribution < 1.29 is 46.1 Å². The topological polar surface area (TPSA) is 132 Å². The van der Waals surface area contributed by atoms with Gasteiger partial charge in [-0.25, -0.2) is 21.6 Å². The van der Waals surface area contributed by atoms with Crippen LogP contribution in [0.5, 0.6) is 0 Å². The van der Waals surface area contributed by atoms with Crippen LogP contribution in [0.25, 0.3) is 10.9 Å². The van der Waals surface area contributed by atoms with Gasteiger partial charge in [-0.15, -0.1) is 0 Å². The number of aliphatic hydroxyl groups is 2. The van der Waals surface area contributed by atoms with Crippen LogP contribution in [0, 0.1) is 5.82 Å². The standard InChI is InChI=1S/C18H19FN2O3S.C3H9NO.C2HF3O2/c1-20(9-10-22)13-14-11-15(19)12-18-17(14)7-8-21(18)25(23,24)16-5-3-2-4-6-16;1-4-2-3-5;3-2(4,5)1(6)7/h2-8,11-12,22H,9-10,13H2,1H3;4-5H,2-3H2,1H3;(H,6,7). The molecular formula is C23H29F4N3O6S. The third-order valence-electron chi connectivity index (χ3n) is 4.65. The zero-order valence-corrected chi connectivity index (χ0v) is 20.9. The molecule has 0 saturated carbocycles. The molecule has 0 bridgehead atoms. The summed E-state index contributed by atoms with van der Waals surface area (Å²) in [4.78, 5) is 10.9. The Morgan fingerprint density at radius 1 is 1.08 bits per heavy atom. The summed E-state index contributed by atoms with van der Waals surface area (Å²) in [5.41, 5.74) is 0.976. The van der Waals surface area contributed by atoms with Crippen LogP contribution in [0.1, 0.15) is 5.56 Å². The number of carboxylic acid groups (broad SMARTS) is 1. The van der Waals surface area contributed by atoms with Gasteiger partial charge in [-0.3, -0.25) is 4.90 Å². The average Bonchev–Trinajstić information content (AvgIpc) is 3.25. The van der Waals surface area contributed by atoms with Crippen molar-refractivity contribution in [2.24, 2.45) is 0 Å². The Hall–Kier alpha value is -3.04. The van der Waals surface area contributed by atoms with Crippen molar-refractivity contribution in [2.75, 3.05) is 40.4 Å². The third-order valence-corrected chi connectivity index (χ3v) is 6.35. The molecule has 0 saturated heterocycles. The van der Waals surface area contributed by atoms with Gasteiger partial charge in [0.05, 0.1) is 23.6 Å². The first-order valence-electron chi connectivity index (χ1n) is 10.7. The van der Waals surface area contributed by atoms with Gasteiger partial charge in [-0.1, -0.05) is 18.2 Å². The minimum atomic E-state index is -5.08. The molecule has 0 atom stereocenters. The van der Waals surface area contributed by atoms with Gasteiger partial charge in [0.15, 0.2) is 0 Å². The molecule has 0 aliphatic heterocycles. The second-order valence-corrected chi connectivity index (χ2v) is 9.33. The SMILES string of the molecule is CN(CCO)Cc1cc(F)cc2c1ccn2S(=O)(=O)c1ccccc1.CNCCO.O=C(O)C(F)(F)F. The van der Waals surface area contributed by atoms with E-state index < -0.39 is 28.0 Å². The zero-order valence-electron chi connectivity index (χ0n) is 20.1. The van der Waals surface area contributed by atoms with Crippen LogP contribution in [0.3, 0.4) is 0 Å². The molecule has 3 rings (SSSR count). The Bertz CT molecular complexity index is 1230. The van der Waals surface area contributed by atoms with Crippen molar-refractivity contribution in [3.05, 3.63) is 66.1 Å². The van der Waals surface area contributed by atoms with E-state index in [0.29, 0.717) is 36.1 Å². The predicted octanol–water partition coefficient (Wildman–Crippen LogP) is 2.27. The molecule has 9 nitrogen and oxygen atoms in total. The van der Waals surface area contributed by atoms with Gasteiger partial charge in [0, 0.05) is 31.2 Å². The first-order valence-corrected chi connectivity index (χ1v) is 12.2. The molecular weight excluding hydrogens is 522 g/mol. The van der Waals surface area contributed by atoms with Gasteiger partial charge in [0.1, 0.15) is 5.82 Å². The number of carbonyl (C=O) groups is 1. The van der Waals surface area contributed by atoms with E-state index in [2.05, 4.69) is 5.32 Å². The highest BCUT2D eigenvalue weighted by molar-refractivity contribution is 7.90. The molecule has 2 aromatic carbocycles. The molecule has 0 radical (unpaired) electrons. The largest absolute Gasteiger partial charge is 0.490 e. The second-order valence-electron chi connectivity index (χ2n) is 7.52. The maximum atomic E-state index is 14.1. The van der Waals surface area contributed by atoms with Crippen molar-refractivity contribution in [1.82, 2.24) is 14.2 Å². The fourth-order valence-corrected chi connectivity index (χ4v) is 4.31. The molecule has 1 aromatic heterocycles. The molecule has 0 amide bonds. The van der Waals surface area contributed by atoms with Gasteiger partial charge in [0.25, 0.3) is 10.0 Å². The summed E-state index contributed by atoms with van der Waals surface area (Å²) < 4.78 is 72.7. The van der Waals surface area contributed by atoms with Gasteiger partial charge in [-0.2, -0.15) is 13.2 Å². The number of aliphatic carboxylic acids is 1. The number of aliphatic hydroxyl groups excluding tert-OH is 2. The van der Waals surface area contributed by atoms with Gasteiger partial charge in [-0.05, 0) is 50.0 Å². The van der Waals surface area contributed by atoms with E-state index in [0.717, 1.165) is 3.97 Å². The smallest absolute Gasteiger partial charge is 0.475 e. The van der Waals surface area contributed by atoms with Crippen LogP contribution in [0.2, 0.25) is 0 Å². The number of rotatable bonds is 8. The van der Waals surface area contributed by atoms with Crippen LogP contribution in [-0.4, -0.2) is 85.2 Å². The number of nitrogens with zero attached hydrogens (tertiary/aromatic N) is 2. The first-order chi connectivity index (χ1) is 17.3. The van der Waals surface area contributed by atoms with Crippen LogP contribution in [0.4, 0.5) is 17.6 Å². The molecule has 1 heterocycles. The Kier molecular flexibility index (Phi) is 12.7. The molecule has 0 fully saturated rings. The van der Waals surface area contributed by atoms with Gasteiger partial charge < -0.3 is 20.6 Å². The number of likely N-dealkylation sites (N-methyl/N-ethyl adjacent to an activating group) is 2. The highest BCUT2D eigenvalue weighted by atomic mass is 32.2. The summed E-state index contributed by atoms with van der Waals surface area (Å²) in [5.74, 6) is -3.25. The second kappa shape index (κ2) is 14.6. The molecule has 4 N–H and O–H groups in total. The van der Waals surface area contributed by atoms with Gasteiger partial charge >= 0.3 is 12.1 Å². The van der Waals surface area contributed by atoms with Crippen molar-refractivity contribution in [3.8, 4) is 0 Å². The molecule has 37 heavy (non-hydrogen) atoms. The van der Waals surface area contributed by atoms with E-state index in [1.54, 1.807) is 31.3 Å². The number of fused-ring (bicyclic) bond motifs is 1. The van der Waals surface area contributed by atoms with Crippen LogP contribution >= 0.6 is 0 Å². The highest BCUT2D eigenvalue weighted by Gasteiger charge is 2.38. The van der Waals surface area contributed by atoms with E-state index in [1.165, 1.54) is 30.5 Å². The molecule has 3 aromatic rings. The normalized spacial score (nSPS) is 11.5. The lowest BCUT2D eigenvalue weighted by Crippen LogP contribution is -2.21. The van der Waals surface area contributed by atoms with Crippen molar-refractivity contribution in [3.63, 3.8) is 0 Å². The Morgan fingerprint density at radius 2 is 1.68 bits per heavy atom. The summed E-state index contributed by atoms with van der Waals surface area (Å²) in [5, 5.41) is 27.6. The van der Waals surface area contributed by atoms with Gasteiger partial charge in [0.2, 0.25) is 0 Å². The monoisotopic (exact) mass is 551 g/mol. The number of carboxylic acids is 1. The predicted molar refractivity (Wildman–Crippen MR) is 129 cm³/mol. The number of hydrogen-bond donors (Lipinski definition) is 4. The number of benzene rings is 2. The molecule has 206 valence electrons. The van der Waals surface area contributed by atoms with E-state index in [9.17, 15) is 26.0 Å². The number of nitrogens with one attached hydrogen (secondary N) is 1. The molecule has 14 heteroatoms. The number of halogens is 4.